The van der Waals surface area contributed by atoms with E-state index in [2.05, 4.69) is 91.7 Å². The van der Waals surface area contributed by atoms with Gasteiger partial charge in [0.2, 0.25) is 0 Å². The molecule has 0 unspecified atom stereocenters. The summed E-state index contributed by atoms with van der Waals surface area (Å²) in [5.41, 5.74) is 7.40. The van der Waals surface area contributed by atoms with Crippen LogP contribution in [0.2, 0.25) is 0 Å². The largest absolute Gasteiger partial charge is 0.309 e. The molecule has 0 amide bonds. The summed E-state index contributed by atoms with van der Waals surface area (Å²) in [4.78, 5) is 13.9. The summed E-state index contributed by atoms with van der Waals surface area (Å²) in [5, 5.41) is 5.95. The number of hydrogen-bond acceptors (Lipinski definition) is 3. The Kier molecular flexibility index (Phi) is 3.34. The summed E-state index contributed by atoms with van der Waals surface area (Å²) >= 11 is 0. The van der Waals surface area contributed by atoms with Crippen LogP contribution < -0.4 is 0 Å². The van der Waals surface area contributed by atoms with Gasteiger partial charge in [-0.15, -0.1) is 0 Å². The van der Waals surface area contributed by atoms with Crippen molar-refractivity contribution in [3.05, 3.63) is 104 Å². The maximum absolute atomic E-state index is 5.03. The molecule has 0 spiro atoms. The molecule has 5 nitrogen and oxygen atoms in total. The molecule has 0 bridgehead atoms. The van der Waals surface area contributed by atoms with E-state index in [0.717, 1.165) is 38.7 Å². The Morgan fingerprint density at radius 3 is 2.21 bits per heavy atom. The second-order valence-corrected chi connectivity index (χ2v) is 8.60. The molecular weight excluding hydrogens is 418 g/mol. The van der Waals surface area contributed by atoms with E-state index < -0.39 is 0 Å². The molecule has 0 aliphatic heterocycles. The second-order valence-electron chi connectivity index (χ2n) is 8.60. The monoisotopic (exact) mass is 435 g/mol. The Balaban J connectivity index is 1.70. The summed E-state index contributed by atoms with van der Waals surface area (Å²) < 4.78 is 4.54. The lowest BCUT2D eigenvalue weighted by Crippen LogP contribution is -1.95. The number of aromatic nitrogens is 5. The zero-order valence-corrected chi connectivity index (χ0v) is 18.1. The van der Waals surface area contributed by atoms with Crippen LogP contribution in [0.1, 0.15) is 0 Å². The first-order valence-electron chi connectivity index (χ1n) is 11.3. The molecule has 0 fully saturated rings. The van der Waals surface area contributed by atoms with Gasteiger partial charge in [-0.2, -0.15) is 0 Å². The lowest BCUT2D eigenvalue weighted by Gasteiger charge is -2.11. The number of rotatable bonds is 1. The van der Waals surface area contributed by atoms with Crippen molar-refractivity contribution in [1.82, 2.24) is 23.9 Å². The Morgan fingerprint density at radius 2 is 1.29 bits per heavy atom. The van der Waals surface area contributed by atoms with Crippen LogP contribution in [0.25, 0.3) is 65.8 Å². The molecule has 5 heteroatoms. The lowest BCUT2D eigenvalue weighted by atomic mass is 10.0. The highest BCUT2D eigenvalue weighted by molar-refractivity contribution is 6.30. The third-order valence-corrected chi connectivity index (χ3v) is 6.86. The van der Waals surface area contributed by atoms with Gasteiger partial charge in [0.25, 0.3) is 0 Å². The molecule has 5 aromatic heterocycles. The Labute approximate surface area is 193 Å². The Bertz CT molecular complexity index is 2070. The van der Waals surface area contributed by atoms with Crippen LogP contribution in [0, 0.1) is 0 Å². The van der Waals surface area contributed by atoms with Crippen LogP contribution >= 0.6 is 0 Å². The molecule has 158 valence electrons. The Morgan fingerprint density at radius 1 is 0.529 bits per heavy atom. The van der Waals surface area contributed by atoms with Gasteiger partial charge in [0.1, 0.15) is 5.65 Å². The van der Waals surface area contributed by atoms with E-state index in [-0.39, 0.29) is 0 Å². The molecule has 0 N–H and O–H groups in total. The molecule has 8 aromatic rings. The second kappa shape index (κ2) is 6.39. The summed E-state index contributed by atoms with van der Waals surface area (Å²) in [6.07, 6.45) is 7.49. The minimum absolute atomic E-state index is 0.928. The minimum Gasteiger partial charge on any atom is -0.309 e. The van der Waals surface area contributed by atoms with Crippen LogP contribution in [0.5, 0.6) is 0 Å². The third-order valence-electron chi connectivity index (χ3n) is 6.86. The summed E-state index contributed by atoms with van der Waals surface area (Å²) in [6.45, 7) is 0. The Hall–Kier alpha value is -4.77. The summed E-state index contributed by atoms with van der Waals surface area (Å²) in [6, 6.07) is 27.7. The van der Waals surface area contributed by atoms with Crippen molar-refractivity contribution in [2.75, 3.05) is 0 Å². The van der Waals surface area contributed by atoms with Gasteiger partial charge in [-0.1, -0.05) is 36.4 Å². The number of nitrogens with zero attached hydrogens (tertiary/aromatic N) is 5. The molecule has 5 heterocycles. The molecule has 34 heavy (non-hydrogen) atoms. The van der Waals surface area contributed by atoms with Gasteiger partial charge in [0.05, 0.1) is 40.0 Å². The molecule has 0 radical (unpaired) electrons. The first kappa shape index (κ1) is 17.7. The fourth-order valence-corrected chi connectivity index (χ4v) is 5.51. The van der Waals surface area contributed by atoms with Crippen LogP contribution in [-0.4, -0.2) is 23.9 Å². The molecule has 0 aliphatic carbocycles. The fraction of sp³-hybridized carbons (Fsp3) is 0. The number of hydrogen-bond donors (Lipinski definition) is 0. The van der Waals surface area contributed by atoms with E-state index in [9.17, 15) is 0 Å². The van der Waals surface area contributed by atoms with Crippen molar-refractivity contribution in [2.45, 2.75) is 0 Å². The molecule has 3 aromatic carbocycles. The predicted molar refractivity (Wildman–Crippen MR) is 138 cm³/mol. The highest BCUT2D eigenvalue weighted by Crippen LogP contribution is 2.41. The fourth-order valence-electron chi connectivity index (χ4n) is 5.51. The van der Waals surface area contributed by atoms with Gasteiger partial charge in [0, 0.05) is 45.0 Å². The molecule has 0 saturated carbocycles. The molecule has 0 aliphatic rings. The van der Waals surface area contributed by atoms with Gasteiger partial charge in [-0.25, -0.2) is 4.98 Å². The van der Waals surface area contributed by atoms with Crippen LogP contribution in [0.15, 0.2) is 104 Å². The van der Waals surface area contributed by atoms with E-state index >= 15 is 0 Å². The van der Waals surface area contributed by atoms with E-state index in [4.69, 9.17) is 4.98 Å². The van der Waals surface area contributed by atoms with Crippen molar-refractivity contribution in [3.63, 3.8) is 0 Å². The average Bonchev–Trinajstić information content (AvgIpc) is 3.45. The van der Waals surface area contributed by atoms with E-state index in [1.807, 2.05) is 24.7 Å². The van der Waals surface area contributed by atoms with Crippen molar-refractivity contribution in [1.29, 1.82) is 0 Å². The van der Waals surface area contributed by atoms with E-state index in [1.54, 1.807) is 6.20 Å². The predicted octanol–water partition coefficient (Wildman–Crippen LogP) is 6.68. The number of benzene rings is 3. The number of pyridine rings is 3. The highest BCUT2D eigenvalue weighted by Gasteiger charge is 2.20. The lowest BCUT2D eigenvalue weighted by molar-refractivity contribution is 1.18. The van der Waals surface area contributed by atoms with Crippen LogP contribution in [-0.2, 0) is 0 Å². The topological polar surface area (TPSA) is 48.0 Å². The van der Waals surface area contributed by atoms with E-state index in [1.165, 1.54) is 27.2 Å². The molecular formula is C29H17N5. The van der Waals surface area contributed by atoms with Crippen molar-refractivity contribution in [3.8, 4) is 5.69 Å². The minimum atomic E-state index is 0.928. The normalized spacial score (nSPS) is 12.1. The van der Waals surface area contributed by atoms with E-state index in [0.29, 0.717) is 0 Å². The van der Waals surface area contributed by atoms with Crippen molar-refractivity contribution < 1.29 is 0 Å². The van der Waals surface area contributed by atoms with Crippen molar-refractivity contribution >= 4 is 60.2 Å². The van der Waals surface area contributed by atoms with Gasteiger partial charge in [0.15, 0.2) is 0 Å². The van der Waals surface area contributed by atoms with Crippen LogP contribution in [0.4, 0.5) is 0 Å². The standard InChI is InChI=1S/C29H17N5/c1-2-6-18(7-3-1)33-23-9-5-4-8-19(23)28-24(33)11-10-21-27(28)20-12-14-30-16-25(20)34-26-17-31-15-13-22(26)32-29(21)34/h1-17H. The molecule has 0 atom stereocenters. The highest BCUT2D eigenvalue weighted by atomic mass is 15.0. The number of imidazole rings is 1. The number of para-hydroxylation sites is 2. The first-order chi connectivity index (χ1) is 16.9. The maximum Gasteiger partial charge on any atom is 0.146 e. The summed E-state index contributed by atoms with van der Waals surface area (Å²) in [5.74, 6) is 0. The smallest absolute Gasteiger partial charge is 0.146 e. The SMILES string of the molecule is c1ccc(-n2c3ccccc3c3c4c5ccncc5n5c6cnccc6nc5c4ccc32)cc1. The van der Waals surface area contributed by atoms with Gasteiger partial charge < -0.3 is 4.57 Å². The molecule has 0 saturated heterocycles. The first-order valence-corrected chi connectivity index (χ1v) is 11.3. The zero-order chi connectivity index (χ0) is 22.2. The number of fused-ring (bicyclic) bond motifs is 12. The zero-order valence-electron chi connectivity index (χ0n) is 18.1. The quantitative estimate of drug-likeness (QED) is 0.270. The van der Waals surface area contributed by atoms with Crippen LogP contribution in [0.3, 0.4) is 0 Å². The van der Waals surface area contributed by atoms with Gasteiger partial charge >= 0.3 is 0 Å². The van der Waals surface area contributed by atoms with Crippen molar-refractivity contribution in [2.24, 2.45) is 0 Å². The van der Waals surface area contributed by atoms with Gasteiger partial charge in [-0.05, 0) is 42.5 Å². The third kappa shape index (κ3) is 2.16. The maximum atomic E-state index is 5.03. The average molecular weight is 435 g/mol. The molecule has 8 rings (SSSR count). The summed E-state index contributed by atoms with van der Waals surface area (Å²) in [7, 11) is 0. The van der Waals surface area contributed by atoms with Gasteiger partial charge in [-0.3, -0.25) is 14.4 Å².